The van der Waals surface area contributed by atoms with E-state index in [1.165, 1.54) is 70.6 Å². The summed E-state index contributed by atoms with van der Waals surface area (Å²) in [4.78, 5) is 10.3. The molecule has 6 nitrogen and oxygen atoms in total. The predicted octanol–water partition coefficient (Wildman–Crippen LogP) is 4.21. The van der Waals surface area contributed by atoms with Gasteiger partial charge in [0.1, 0.15) is 18.3 Å². The molecule has 0 aromatic rings. The van der Waals surface area contributed by atoms with Crippen molar-refractivity contribution in [1.82, 2.24) is 0 Å². The third-order valence-electron chi connectivity index (χ3n) is 5.09. The highest BCUT2D eigenvalue weighted by molar-refractivity contribution is 5.66. The average Bonchev–Trinajstić information content (AvgIpc) is 3.03. The molecule has 0 aromatic carbocycles. The molecule has 0 amide bonds. The Kier molecular flexibility index (Phi) is 19.7. The summed E-state index contributed by atoms with van der Waals surface area (Å²) in [5.74, 6) is -0.664. The van der Waals surface area contributed by atoms with Gasteiger partial charge < -0.3 is 25.2 Å². The lowest BCUT2D eigenvalue weighted by molar-refractivity contribution is -0.137. The molecular formula is C23H44O6. The number of aliphatic carboxylic acids is 1. The lowest BCUT2D eigenvalue weighted by Crippen LogP contribution is -2.31. The monoisotopic (exact) mass is 416 g/mol. The van der Waals surface area contributed by atoms with Crippen LogP contribution in [0.15, 0.2) is 12.2 Å². The Morgan fingerprint density at radius 2 is 1.41 bits per heavy atom. The van der Waals surface area contributed by atoms with Gasteiger partial charge in [-0.1, -0.05) is 70.4 Å². The van der Waals surface area contributed by atoms with Crippen molar-refractivity contribution >= 4 is 5.97 Å². The molecule has 172 valence electrons. The van der Waals surface area contributed by atoms with Gasteiger partial charge in [-0.25, -0.2) is 0 Å². The second kappa shape index (κ2) is 20.3. The van der Waals surface area contributed by atoms with Crippen molar-refractivity contribution in [3.8, 4) is 0 Å². The van der Waals surface area contributed by atoms with E-state index >= 15 is 0 Å². The summed E-state index contributed by atoms with van der Waals surface area (Å²) in [6.45, 7) is 2.14. The molecule has 0 radical (unpaired) electrons. The highest BCUT2D eigenvalue weighted by Crippen LogP contribution is 2.13. The third kappa shape index (κ3) is 17.6. The lowest BCUT2D eigenvalue weighted by atomic mass is 10.1. The topological polar surface area (TPSA) is 107 Å². The number of carbonyl (C=O) groups is 1. The minimum absolute atomic E-state index is 0.117. The quantitative estimate of drug-likeness (QED) is 0.222. The molecule has 0 bridgehead atoms. The summed E-state index contributed by atoms with van der Waals surface area (Å²) in [7, 11) is 0. The molecule has 1 aliphatic rings. The van der Waals surface area contributed by atoms with Gasteiger partial charge in [-0.2, -0.15) is 0 Å². The highest BCUT2D eigenvalue weighted by atomic mass is 16.5. The largest absolute Gasteiger partial charge is 0.481 e. The van der Waals surface area contributed by atoms with Gasteiger partial charge in [-0.3, -0.25) is 4.79 Å². The number of rotatable bonds is 16. The molecule has 6 heteroatoms. The standard InChI is InChI=1S/C18H34O2.C5H10O4/c1-2-3-4-5-6-7-8-9-10-11-12-13-14-15-16-17-18(19)20;6-1-4-5(8)3(7)2-9-4/h9-10H,2-8,11-17H2,1H3,(H,19,20);3-8H,1-2H2/b10-9-;/t;3-,4+,5+/m.0/s1. The van der Waals surface area contributed by atoms with Crippen LogP contribution in [0.2, 0.25) is 0 Å². The van der Waals surface area contributed by atoms with Crippen LogP contribution in [-0.2, 0) is 9.53 Å². The predicted molar refractivity (Wildman–Crippen MR) is 116 cm³/mol. The molecule has 0 spiro atoms. The van der Waals surface area contributed by atoms with Gasteiger partial charge in [-0.05, 0) is 32.1 Å². The van der Waals surface area contributed by atoms with Gasteiger partial charge >= 0.3 is 5.97 Å². The molecule has 1 rings (SSSR count). The second-order valence-corrected chi connectivity index (χ2v) is 7.84. The van der Waals surface area contributed by atoms with Crippen molar-refractivity contribution in [2.24, 2.45) is 0 Å². The first-order chi connectivity index (χ1) is 14.0. The van der Waals surface area contributed by atoms with Gasteiger partial charge in [-0.15, -0.1) is 0 Å². The van der Waals surface area contributed by atoms with Crippen LogP contribution in [0, 0.1) is 0 Å². The van der Waals surface area contributed by atoms with E-state index in [0.717, 1.165) is 12.8 Å². The number of allylic oxidation sites excluding steroid dienone is 2. The zero-order valence-corrected chi connectivity index (χ0v) is 18.3. The normalized spacial score (nSPS) is 21.3. The van der Waals surface area contributed by atoms with Gasteiger partial charge in [0, 0.05) is 6.42 Å². The van der Waals surface area contributed by atoms with Crippen LogP contribution in [0.5, 0.6) is 0 Å². The molecule has 1 fully saturated rings. The van der Waals surface area contributed by atoms with E-state index in [1.54, 1.807) is 0 Å². The number of hydrogen-bond acceptors (Lipinski definition) is 5. The summed E-state index contributed by atoms with van der Waals surface area (Å²) in [6, 6.07) is 0. The number of aliphatic hydroxyl groups is 3. The van der Waals surface area contributed by atoms with Crippen molar-refractivity contribution in [2.45, 2.75) is 115 Å². The average molecular weight is 417 g/mol. The first-order valence-electron chi connectivity index (χ1n) is 11.5. The lowest BCUT2D eigenvalue weighted by Gasteiger charge is -2.10. The molecule has 3 atom stereocenters. The van der Waals surface area contributed by atoms with E-state index < -0.39 is 24.3 Å². The number of ether oxygens (including phenoxy) is 1. The zero-order valence-electron chi connectivity index (χ0n) is 18.3. The third-order valence-corrected chi connectivity index (χ3v) is 5.09. The van der Waals surface area contributed by atoms with Crippen LogP contribution in [0.4, 0.5) is 0 Å². The molecule has 0 unspecified atom stereocenters. The maximum atomic E-state index is 10.3. The smallest absolute Gasteiger partial charge is 0.303 e. The number of unbranched alkanes of at least 4 members (excludes halogenated alkanes) is 11. The van der Waals surface area contributed by atoms with Crippen molar-refractivity contribution < 1.29 is 30.0 Å². The fourth-order valence-electron chi connectivity index (χ4n) is 3.17. The fraction of sp³-hybridized carbons (Fsp3) is 0.870. The molecule has 0 saturated carbocycles. The van der Waals surface area contributed by atoms with Crippen LogP contribution in [0.1, 0.15) is 96.8 Å². The van der Waals surface area contributed by atoms with E-state index in [-0.39, 0.29) is 13.2 Å². The van der Waals surface area contributed by atoms with Gasteiger partial charge in [0.05, 0.1) is 13.2 Å². The van der Waals surface area contributed by atoms with Gasteiger partial charge in [0.2, 0.25) is 0 Å². The zero-order chi connectivity index (χ0) is 21.7. The van der Waals surface area contributed by atoms with Gasteiger partial charge in [0.15, 0.2) is 0 Å². The van der Waals surface area contributed by atoms with E-state index in [9.17, 15) is 4.79 Å². The Labute approximate surface area is 177 Å². The maximum absolute atomic E-state index is 10.3. The fourth-order valence-corrected chi connectivity index (χ4v) is 3.17. The SMILES string of the molecule is CCCCCCCC/C=C\CCCCCCCC(=O)O.OC[C@H]1OC[C@H](O)[C@H]1O. The van der Waals surface area contributed by atoms with Crippen LogP contribution >= 0.6 is 0 Å². The summed E-state index contributed by atoms with van der Waals surface area (Å²) in [5.41, 5.74) is 0. The van der Waals surface area contributed by atoms with E-state index in [0.29, 0.717) is 6.42 Å². The first-order valence-corrected chi connectivity index (χ1v) is 11.5. The maximum Gasteiger partial charge on any atom is 0.303 e. The molecule has 29 heavy (non-hydrogen) atoms. The van der Waals surface area contributed by atoms with E-state index in [1.807, 2.05) is 0 Å². The molecule has 1 saturated heterocycles. The summed E-state index contributed by atoms with van der Waals surface area (Å²) in [5, 5.41) is 34.7. The Balaban J connectivity index is 0.000000717. The van der Waals surface area contributed by atoms with Crippen LogP contribution < -0.4 is 0 Å². The Bertz CT molecular complexity index is 399. The minimum Gasteiger partial charge on any atom is -0.481 e. The Morgan fingerprint density at radius 1 is 0.897 bits per heavy atom. The minimum atomic E-state index is -0.921. The summed E-state index contributed by atoms with van der Waals surface area (Å²) < 4.78 is 4.78. The number of carboxylic acid groups (broad SMARTS) is 1. The summed E-state index contributed by atoms with van der Waals surface area (Å²) in [6.07, 6.45) is 18.9. The van der Waals surface area contributed by atoms with Crippen molar-refractivity contribution in [1.29, 1.82) is 0 Å². The van der Waals surface area contributed by atoms with Crippen LogP contribution in [0.3, 0.4) is 0 Å². The molecule has 4 N–H and O–H groups in total. The molecular weight excluding hydrogens is 372 g/mol. The Morgan fingerprint density at radius 3 is 1.83 bits per heavy atom. The number of aliphatic hydroxyl groups excluding tert-OH is 3. The van der Waals surface area contributed by atoms with E-state index in [2.05, 4.69) is 19.1 Å². The Hall–Kier alpha value is -0.950. The first kappa shape index (κ1) is 28.1. The highest BCUT2D eigenvalue weighted by Gasteiger charge is 2.33. The molecule has 1 heterocycles. The van der Waals surface area contributed by atoms with Crippen molar-refractivity contribution in [2.75, 3.05) is 13.2 Å². The second-order valence-electron chi connectivity index (χ2n) is 7.84. The number of hydrogen-bond donors (Lipinski definition) is 4. The van der Waals surface area contributed by atoms with Crippen LogP contribution in [0.25, 0.3) is 0 Å². The molecule has 0 aromatic heterocycles. The van der Waals surface area contributed by atoms with Crippen molar-refractivity contribution in [3.63, 3.8) is 0 Å². The van der Waals surface area contributed by atoms with E-state index in [4.69, 9.17) is 25.2 Å². The summed E-state index contributed by atoms with van der Waals surface area (Å²) >= 11 is 0. The van der Waals surface area contributed by atoms with Crippen molar-refractivity contribution in [3.05, 3.63) is 12.2 Å². The molecule has 1 aliphatic heterocycles. The van der Waals surface area contributed by atoms with Gasteiger partial charge in [0.25, 0.3) is 0 Å². The number of carboxylic acids is 1. The van der Waals surface area contributed by atoms with Crippen LogP contribution in [-0.4, -0.2) is 57.9 Å². The molecule has 0 aliphatic carbocycles.